The molecule has 5 heteroatoms. The highest BCUT2D eigenvalue weighted by molar-refractivity contribution is 5.71. The Kier molecular flexibility index (Phi) is 0.858. The third-order valence-electron chi connectivity index (χ3n) is 1.23. The molecule has 0 amide bonds. The second kappa shape index (κ2) is 1.66. The van der Waals surface area contributed by atoms with Gasteiger partial charge in [0.15, 0.2) is 0 Å². The number of hydrogen-bond acceptors (Lipinski definition) is 4. The van der Waals surface area contributed by atoms with Gasteiger partial charge < -0.3 is 5.21 Å². The monoisotopic (exact) mass is 136 g/mol. The zero-order chi connectivity index (χ0) is 6.97. The van der Waals surface area contributed by atoms with Crippen molar-refractivity contribution in [3.05, 3.63) is 18.5 Å². The van der Waals surface area contributed by atoms with E-state index in [0.717, 1.165) is 0 Å². The SMILES string of the molecule is On1nnc2ccncc21. The van der Waals surface area contributed by atoms with Crippen LogP contribution in [0.2, 0.25) is 0 Å². The van der Waals surface area contributed by atoms with E-state index in [1.54, 1.807) is 12.3 Å². The van der Waals surface area contributed by atoms with E-state index in [0.29, 0.717) is 15.9 Å². The van der Waals surface area contributed by atoms with Gasteiger partial charge in [-0.15, -0.1) is 5.10 Å². The van der Waals surface area contributed by atoms with Crippen LogP contribution in [0.25, 0.3) is 11.0 Å². The highest BCUT2D eigenvalue weighted by Gasteiger charge is 1.99. The van der Waals surface area contributed by atoms with E-state index < -0.39 is 0 Å². The number of fused-ring (bicyclic) bond motifs is 1. The molecule has 0 spiro atoms. The molecular formula is C5H4N4O. The quantitative estimate of drug-likeness (QED) is 0.520. The average molecular weight is 136 g/mol. The summed E-state index contributed by atoms with van der Waals surface area (Å²) in [5.74, 6) is 0. The summed E-state index contributed by atoms with van der Waals surface area (Å²) >= 11 is 0. The van der Waals surface area contributed by atoms with Crippen LogP contribution in [-0.2, 0) is 0 Å². The maximum atomic E-state index is 8.91. The second-order valence-corrected chi connectivity index (χ2v) is 1.84. The van der Waals surface area contributed by atoms with Crippen LogP contribution in [0.4, 0.5) is 0 Å². The third kappa shape index (κ3) is 0.540. The predicted molar refractivity (Wildman–Crippen MR) is 32.5 cm³/mol. The van der Waals surface area contributed by atoms with Gasteiger partial charge in [0.05, 0.1) is 6.20 Å². The molecule has 0 aliphatic rings. The Balaban J connectivity index is 2.93. The first-order valence-electron chi connectivity index (χ1n) is 2.72. The lowest BCUT2D eigenvalue weighted by molar-refractivity contribution is 0.154. The van der Waals surface area contributed by atoms with E-state index in [1.807, 2.05) is 0 Å². The van der Waals surface area contributed by atoms with Crippen LogP contribution in [-0.4, -0.2) is 25.3 Å². The van der Waals surface area contributed by atoms with Gasteiger partial charge >= 0.3 is 0 Å². The number of pyridine rings is 1. The second-order valence-electron chi connectivity index (χ2n) is 1.84. The lowest BCUT2D eigenvalue weighted by atomic mass is 10.4. The lowest BCUT2D eigenvalue weighted by Gasteiger charge is -1.85. The number of nitrogens with zero attached hydrogens (tertiary/aromatic N) is 4. The van der Waals surface area contributed by atoms with E-state index in [1.165, 1.54) is 6.20 Å². The van der Waals surface area contributed by atoms with Crippen molar-refractivity contribution in [2.75, 3.05) is 0 Å². The molecule has 0 bridgehead atoms. The molecule has 0 radical (unpaired) electrons. The predicted octanol–water partition coefficient (Wildman–Crippen LogP) is 0.0636. The molecule has 0 aromatic carbocycles. The summed E-state index contributed by atoms with van der Waals surface area (Å²) in [7, 11) is 0. The van der Waals surface area contributed by atoms with Gasteiger partial charge in [-0.3, -0.25) is 4.98 Å². The molecule has 50 valence electrons. The molecule has 0 fully saturated rings. The fourth-order valence-corrected chi connectivity index (χ4v) is 0.756. The number of hydrogen-bond donors (Lipinski definition) is 1. The first-order chi connectivity index (χ1) is 4.88. The van der Waals surface area contributed by atoms with Gasteiger partial charge in [-0.1, -0.05) is 4.85 Å². The minimum atomic E-state index is 0.516. The first-order valence-corrected chi connectivity index (χ1v) is 2.72. The van der Waals surface area contributed by atoms with Crippen LogP contribution in [0, 0.1) is 0 Å². The maximum absolute atomic E-state index is 8.91. The highest BCUT2D eigenvalue weighted by atomic mass is 16.5. The lowest BCUT2D eigenvalue weighted by Crippen LogP contribution is -1.91. The summed E-state index contributed by atoms with van der Waals surface area (Å²) in [5, 5.41) is 15.9. The zero-order valence-electron chi connectivity index (χ0n) is 4.97. The van der Waals surface area contributed by atoms with Crippen molar-refractivity contribution in [3.8, 4) is 0 Å². The van der Waals surface area contributed by atoms with Crippen molar-refractivity contribution >= 4 is 11.0 Å². The summed E-state index contributed by atoms with van der Waals surface area (Å²) in [6.45, 7) is 0. The Morgan fingerprint density at radius 3 is 3.20 bits per heavy atom. The Morgan fingerprint density at radius 1 is 1.50 bits per heavy atom. The molecule has 0 atom stereocenters. The molecule has 2 heterocycles. The molecule has 0 unspecified atom stereocenters. The molecule has 1 N–H and O–H groups in total. The zero-order valence-corrected chi connectivity index (χ0v) is 4.97. The van der Waals surface area contributed by atoms with Crippen molar-refractivity contribution in [2.24, 2.45) is 0 Å². The molecule has 0 saturated carbocycles. The van der Waals surface area contributed by atoms with Gasteiger partial charge in [-0.25, -0.2) is 0 Å². The molecule has 0 saturated heterocycles. The molecule has 0 aliphatic carbocycles. The molecule has 5 nitrogen and oxygen atoms in total. The largest absolute Gasteiger partial charge is 0.410 e. The Morgan fingerprint density at radius 2 is 2.40 bits per heavy atom. The minimum Gasteiger partial charge on any atom is -0.410 e. The Labute approximate surface area is 55.9 Å². The molecule has 2 rings (SSSR count). The average Bonchev–Trinajstić information content (AvgIpc) is 2.34. The molecular weight excluding hydrogens is 132 g/mol. The van der Waals surface area contributed by atoms with Gasteiger partial charge in [0.2, 0.25) is 0 Å². The van der Waals surface area contributed by atoms with Gasteiger partial charge in [-0.05, 0) is 11.3 Å². The van der Waals surface area contributed by atoms with Crippen LogP contribution < -0.4 is 0 Å². The van der Waals surface area contributed by atoms with Crippen molar-refractivity contribution in [1.29, 1.82) is 0 Å². The van der Waals surface area contributed by atoms with Crippen LogP contribution in [0.3, 0.4) is 0 Å². The van der Waals surface area contributed by atoms with Gasteiger partial charge in [0.1, 0.15) is 11.0 Å². The molecule has 0 aliphatic heterocycles. The fraction of sp³-hybridized carbons (Fsp3) is 0. The normalized spacial score (nSPS) is 10.4. The Hall–Kier alpha value is -1.65. The van der Waals surface area contributed by atoms with E-state index >= 15 is 0 Å². The summed E-state index contributed by atoms with van der Waals surface area (Å²) < 4.78 is 0. The van der Waals surface area contributed by atoms with Crippen molar-refractivity contribution < 1.29 is 5.21 Å². The van der Waals surface area contributed by atoms with E-state index in [4.69, 9.17) is 5.21 Å². The van der Waals surface area contributed by atoms with E-state index in [9.17, 15) is 0 Å². The minimum absolute atomic E-state index is 0.516. The smallest absolute Gasteiger partial charge is 0.148 e. The van der Waals surface area contributed by atoms with Gasteiger partial charge in [0.25, 0.3) is 0 Å². The number of aromatic nitrogens is 4. The topological polar surface area (TPSA) is 63.8 Å². The molecule has 2 aromatic heterocycles. The summed E-state index contributed by atoms with van der Waals surface area (Å²) in [6, 6.07) is 1.68. The van der Waals surface area contributed by atoms with Crippen molar-refractivity contribution in [3.63, 3.8) is 0 Å². The van der Waals surface area contributed by atoms with E-state index in [-0.39, 0.29) is 0 Å². The van der Waals surface area contributed by atoms with Crippen LogP contribution >= 0.6 is 0 Å². The van der Waals surface area contributed by atoms with Gasteiger partial charge in [-0.2, -0.15) is 0 Å². The third-order valence-corrected chi connectivity index (χ3v) is 1.23. The fourth-order valence-electron chi connectivity index (χ4n) is 0.756. The van der Waals surface area contributed by atoms with Crippen LogP contribution in [0.15, 0.2) is 18.5 Å². The summed E-state index contributed by atoms with van der Waals surface area (Å²) in [5.41, 5.74) is 1.15. The van der Waals surface area contributed by atoms with Gasteiger partial charge in [0, 0.05) is 6.20 Å². The number of rotatable bonds is 0. The highest BCUT2D eigenvalue weighted by Crippen LogP contribution is 2.04. The van der Waals surface area contributed by atoms with Crippen molar-refractivity contribution in [1.82, 2.24) is 20.1 Å². The van der Waals surface area contributed by atoms with Crippen molar-refractivity contribution in [2.45, 2.75) is 0 Å². The van der Waals surface area contributed by atoms with E-state index in [2.05, 4.69) is 15.3 Å². The van der Waals surface area contributed by atoms with Crippen LogP contribution in [0.5, 0.6) is 0 Å². The molecule has 10 heavy (non-hydrogen) atoms. The maximum Gasteiger partial charge on any atom is 0.148 e. The molecule has 2 aromatic rings. The van der Waals surface area contributed by atoms with Crippen LogP contribution in [0.1, 0.15) is 0 Å². The first kappa shape index (κ1) is 5.16. The summed E-state index contributed by atoms with van der Waals surface area (Å²) in [6.07, 6.45) is 3.09. The summed E-state index contributed by atoms with van der Waals surface area (Å²) in [4.78, 5) is 4.48. The Bertz CT molecular complexity index is 355. The standard InChI is InChI=1S/C5H4N4O/c10-9-5-3-6-2-1-4(5)7-8-9/h1-3,10H.